The Bertz CT molecular complexity index is 813. The summed E-state index contributed by atoms with van der Waals surface area (Å²) < 4.78 is 22.5. The van der Waals surface area contributed by atoms with Crippen LogP contribution in [0.25, 0.3) is 0 Å². The first-order valence-corrected chi connectivity index (χ1v) is 9.67. The summed E-state index contributed by atoms with van der Waals surface area (Å²) in [6.07, 6.45) is -8.38. The SMILES string of the molecule is C=C(C)[C@@H]1CC2OC(=O)C34OC5OC(=O)[C@H](O)C51C23[C@@H](O)C(CO)OC(O)[C@H]4C. The van der Waals surface area contributed by atoms with Crippen LogP contribution < -0.4 is 0 Å². The Morgan fingerprint density at radius 3 is 2.55 bits per heavy atom. The van der Waals surface area contributed by atoms with Crippen LogP contribution in [0.4, 0.5) is 0 Å². The van der Waals surface area contributed by atoms with E-state index in [1.54, 1.807) is 6.92 Å². The van der Waals surface area contributed by atoms with Crippen molar-refractivity contribution in [1.82, 2.24) is 0 Å². The predicted octanol–water partition coefficient (Wildman–Crippen LogP) is -1.80. The predicted molar refractivity (Wildman–Crippen MR) is 90.5 cm³/mol. The van der Waals surface area contributed by atoms with Crippen molar-refractivity contribution < 1.29 is 49.0 Å². The monoisotopic (exact) mass is 412 g/mol. The normalized spacial score (nSPS) is 57.6. The fraction of sp³-hybridized carbons (Fsp3) is 0.789. The molecule has 5 rings (SSSR count). The van der Waals surface area contributed by atoms with Crippen LogP contribution in [0, 0.1) is 22.7 Å². The molecule has 0 amide bonds. The summed E-state index contributed by atoms with van der Waals surface area (Å²) in [4.78, 5) is 25.7. The molecular formula is C19H24O10. The number of hydrogen-bond donors (Lipinski definition) is 4. The van der Waals surface area contributed by atoms with Crippen LogP contribution in [-0.4, -0.2) is 81.6 Å². The summed E-state index contributed by atoms with van der Waals surface area (Å²) in [5.41, 5.74) is -4.66. The third-order valence-corrected chi connectivity index (χ3v) is 7.98. The molecule has 10 nitrogen and oxygen atoms in total. The molecule has 0 aromatic heterocycles. The topological polar surface area (TPSA) is 152 Å². The van der Waals surface area contributed by atoms with Gasteiger partial charge in [0, 0.05) is 5.92 Å². The number of hydrogen-bond acceptors (Lipinski definition) is 10. The molecule has 1 aliphatic carbocycles. The summed E-state index contributed by atoms with van der Waals surface area (Å²) >= 11 is 0. The van der Waals surface area contributed by atoms with E-state index in [9.17, 15) is 30.0 Å². The smallest absolute Gasteiger partial charge is 0.340 e. The van der Waals surface area contributed by atoms with Gasteiger partial charge in [-0.3, -0.25) is 0 Å². The Morgan fingerprint density at radius 2 is 1.93 bits per heavy atom. The van der Waals surface area contributed by atoms with Crippen LogP contribution >= 0.6 is 0 Å². The van der Waals surface area contributed by atoms with E-state index in [1.165, 1.54) is 6.92 Å². The van der Waals surface area contributed by atoms with Crippen molar-refractivity contribution in [2.75, 3.05) is 6.61 Å². The van der Waals surface area contributed by atoms with Gasteiger partial charge in [-0.15, -0.1) is 0 Å². The van der Waals surface area contributed by atoms with Crippen molar-refractivity contribution in [2.45, 2.75) is 62.9 Å². The zero-order chi connectivity index (χ0) is 21.1. The van der Waals surface area contributed by atoms with Crippen LogP contribution in [0.5, 0.6) is 0 Å². The maximum atomic E-state index is 13.2. The molecule has 4 N–H and O–H groups in total. The van der Waals surface area contributed by atoms with E-state index in [1.807, 2.05) is 0 Å². The lowest BCUT2D eigenvalue weighted by atomic mass is 9.50. The fourth-order valence-electron chi connectivity index (χ4n) is 7.01. The molecule has 7 unspecified atom stereocenters. The third kappa shape index (κ3) is 1.66. The number of rotatable bonds is 2. The lowest BCUT2D eigenvalue weighted by molar-refractivity contribution is -0.234. The highest BCUT2D eigenvalue weighted by Crippen LogP contribution is 2.79. The van der Waals surface area contributed by atoms with Gasteiger partial charge in [-0.05, 0) is 19.3 Å². The van der Waals surface area contributed by atoms with Crippen LogP contribution in [0.1, 0.15) is 20.3 Å². The van der Waals surface area contributed by atoms with Gasteiger partial charge in [0.25, 0.3) is 0 Å². The Morgan fingerprint density at radius 1 is 1.24 bits per heavy atom. The van der Waals surface area contributed by atoms with Crippen molar-refractivity contribution in [3.8, 4) is 0 Å². The quantitative estimate of drug-likeness (QED) is 0.302. The highest BCUT2D eigenvalue weighted by atomic mass is 16.7. The second kappa shape index (κ2) is 5.57. The maximum Gasteiger partial charge on any atom is 0.340 e. The Balaban J connectivity index is 1.88. The van der Waals surface area contributed by atoms with E-state index >= 15 is 0 Å². The summed E-state index contributed by atoms with van der Waals surface area (Å²) in [7, 11) is 0. The molecule has 29 heavy (non-hydrogen) atoms. The first-order valence-electron chi connectivity index (χ1n) is 9.67. The molecule has 1 saturated carbocycles. The molecule has 5 fully saturated rings. The standard InChI is InChI=1S/C19H24O10/c1-6(2)8-4-10-18-11(21)9(5-20)26-13(23)7(3)19(18,15(25)27-10)29-16-17(8,18)12(22)14(24)28-16/h7-13,16,20-23H,1,4-5H2,2-3H3/t7-,8+,9?,10?,11+,12+,13?,16?,17?,18?,19?/m1/s1. The van der Waals surface area contributed by atoms with Crippen molar-refractivity contribution in [3.63, 3.8) is 0 Å². The molecule has 2 spiro atoms. The highest BCUT2D eigenvalue weighted by molar-refractivity contribution is 5.89. The first kappa shape index (κ1) is 19.4. The van der Waals surface area contributed by atoms with Gasteiger partial charge in [-0.1, -0.05) is 19.1 Å². The maximum absolute atomic E-state index is 13.2. The van der Waals surface area contributed by atoms with E-state index in [2.05, 4.69) is 6.58 Å². The number of aliphatic hydroxyl groups is 4. The minimum atomic E-state index is -1.95. The van der Waals surface area contributed by atoms with Gasteiger partial charge < -0.3 is 39.4 Å². The second-order valence-corrected chi connectivity index (χ2v) is 8.84. The van der Waals surface area contributed by atoms with E-state index in [-0.39, 0.29) is 6.42 Å². The molecule has 4 aliphatic heterocycles. The highest BCUT2D eigenvalue weighted by Gasteiger charge is 2.96. The van der Waals surface area contributed by atoms with E-state index in [0.29, 0.717) is 5.57 Å². The van der Waals surface area contributed by atoms with E-state index < -0.39 is 83.8 Å². The molecule has 0 bridgehead atoms. The number of ether oxygens (including phenoxy) is 4. The summed E-state index contributed by atoms with van der Waals surface area (Å²) in [5.74, 6) is -3.41. The molecule has 11 atom stereocenters. The number of carbonyl (C=O) groups excluding carboxylic acids is 2. The zero-order valence-corrected chi connectivity index (χ0v) is 16.0. The first-order chi connectivity index (χ1) is 13.6. The van der Waals surface area contributed by atoms with Gasteiger partial charge in [0.05, 0.1) is 23.5 Å². The van der Waals surface area contributed by atoms with E-state index in [4.69, 9.17) is 18.9 Å². The number of carbonyl (C=O) groups is 2. The lowest BCUT2D eigenvalue weighted by Crippen LogP contribution is -2.67. The average Bonchev–Trinajstić information content (AvgIpc) is 3.27. The summed E-state index contributed by atoms with van der Waals surface area (Å²) in [6.45, 7) is 6.52. The number of aliphatic hydroxyl groups excluding tert-OH is 4. The lowest BCUT2D eigenvalue weighted by Gasteiger charge is -2.48. The van der Waals surface area contributed by atoms with Crippen molar-refractivity contribution >= 4 is 11.9 Å². The van der Waals surface area contributed by atoms with Crippen LogP contribution in [0.15, 0.2) is 12.2 Å². The Labute approximate surface area is 166 Å². The second-order valence-electron chi connectivity index (χ2n) is 8.84. The molecule has 0 radical (unpaired) electrons. The molecule has 0 aromatic carbocycles. The molecule has 160 valence electrons. The molecule has 10 heteroatoms. The largest absolute Gasteiger partial charge is 0.459 e. The van der Waals surface area contributed by atoms with Crippen molar-refractivity contribution in [2.24, 2.45) is 22.7 Å². The van der Waals surface area contributed by atoms with Gasteiger partial charge in [0.2, 0.25) is 6.29 Å². The van der Waals surface area contributed by atoms with Gasteiger partial charge in [-0.2, -0.15) is 0 Å². The average molecular weight is 412 g/mol. The number of esters is 2. The van der Waals surface area contributed by atoms with Crippen LogP contribution in [0.2, 0.25) is 0 Å². The van der Waals surface area contributed by atoms with Crippen LogP contribution in [0.3, 0.4) is 0 Å². The van der Waals surface area contributed by atoms with Gasteiger partial charge in [-0.25, -0.2) is 9.59 Å². The van der Waals surface area contributed by atoms with Crippen molar-refractivity contribution in [1.29, 1.82) is 0 Å². The van der Waals surface area contributed by atoms with Gasteiger partial charge in [0.15, 0.2) is 18.0 Å². The molecule has 4 heterocycles. The van der Waals surface area contributed by atoms with Gasteiger partial charge in [0.1, 0.15) is 12.2 Å². The van der Waals surface area contributed by atoms with Gasteiger partial charge >= 0.3 is 11.9 Å². The Hall–Kier alpha value is -1.56. The zero-order valence-electron chi connectivity index (χ0n) is 16.0. The summed E-state index contributed by atoms with van der Waals surface area (Å²) in [6, 6.07) is 0. The Kier molecular flexibility index (Phi) is 3.73. The minimum Gasteiger partial charge on any atom is -0.459 e. The molecule has 4 saturated heterocycles. The van der Waals surface area contributed by atoms with E-state index in [0.717, 1.165) is 0 Å². The molecule has 5 aliphatic rings. The third-order valence-electron chi connectivity index (χ3n) is 7.98. The van der Waals surface area contributed by atoms with Crippen LogP contribution in [-0.2, 0) is 28.5 Å². The fourth-order valence-corrected chi connectivity index (χ4v) is 7.01. The summed E-state index contributed by atoms with van der Waals surface area (Å²) in [5, 5.41) is 43.1. The molecular weight excluding hydrogens is 388 g/mol. The minimum absolute atomic E-state index is 0.175. The van der Waals surface area contributed by atoms with Crippen molar-refractivity contribution in [3.05, 3.63) is 12.2 Å². The molecule has 0 aromatic rings. The number of allylic oxidation sites excluding steroid dienone is 1.